The van der Waals surface area contributed by atoms with E-state index >= 15 is 0 Å². The van der Waals surface area contributed by atoms with Crippen LogP contribution in [-0.4, -0.2) is 35.6 Å². The largest absolute Gasteiger partial charge is 0.496 e. The van der Waals surface area contributed by atoms with Gasteiger partial charge in [0.05, 0.1) is 5.76 Å². The van der Waals surface area contributed by atoms with Crippen LogP contribution in [0, 0.1) is 0 Å². The molecule has 3 N–H and O–H groups in total. The monoisotopic (exact) mass is 419 g/mol. The second-order valence-electron chi connectivity index (χ2n) is 8.14. The van der Waals surface area contributed by atoms with Crippen molar-refractivity contribution in [2.75, 3.05) is 25.4 Å². The minimum atomic E-state index is -4.36. The molecule has 4 nitrogen and oxygen atoms in total. The fraction of sp³-hybridized carbons (Fsp3) is 0.478. The third-order valence-corrected chi connectivity index (χ3v) is 6.03. The predicted molar refractivity (Wildman–Crippen MR) is 113 cm³/mol. The lowest BCUT2D eigenvalue weighted by Gasteiger charge is -2.38. The predicted octanol–water partition coefficient (Wildman–Crippen LogP) is 5.63. The molecule has 7 heteroatoms. The van der Waals surface area contributed by atoms with Crippen LogP contribution in [0.25, 0.3) is 10.9 Å². The highest BCUT2D eigenvalue weighted by molar-refractivity contribution is 5.91. The molecule has 0 amide bonds. The summed E-state index contributed by atoms with van der Waals surface area (Å²) >= 11 is 0. The molecule has 1 saturated heterocycles. The van der Waals surface area contributed by atoms with Crippen molar-refractivity contribution in [3.05, 3.63) is 53.4 Å². The van der Waals surface area contributed by atoms with E-state index in [-0.39, 0.29) is 0 Å². The zero-order valence-electron chi connectivity index (χ0n) is 17.0. The van der Waals surface area contributed by atoms with E-state index in [2.05, 4.69) is 22.0 Å². The highest BCUT2D eigenvalue weighted by atomic mass is 19.4. The minimum absolute atomic E-state index is 0.342. The smallest absolute Gasteiger partial charge is 0.431 e. The van der Waals surface area contributed by atoms with Gasteiger partial charge in [0.2, 0.25) is 0 Å². The summed E-state index contributed by atoms with van der Waals surface area (Å²) in [5, 5.41) is 0.403. The number of H-pyrrole nitrogens is 1. The van der Waals surface area contributed by atoms with E-state index in [9.17, 15) is 13.2 Å². The Kier molecular flexibility index (Phi) is 6.09. The number of halogens is 3. The van der Waals surface area contributed by atoms with E-state index in [0.29, 0.717) is 22.6 Å². The van der Waals surface area contributed by atoms with Crippen molar-refractivity contribution in [1.82, 2.24) is 9.88 Å². The molecule has 2 aromatic rings. The van der Waals surface area contributed by atoms with E-state index in [4.69, 9.17) is 10.5 Å². The summed E-state index contributed by atoms with van der Waals surface area (Å²) in [6.07, 6.45) is 7.88. The van der Waals surface area contributed by atoms with Crippen LogP contribution in [0.15, 0.2) is 47.7 Å². The molecule has 0 spiro atoms. The SMILES string of the molecule is C1=CC2=C(CC1)OCC(N1CCCCC1)C2.Nc1cccc2[nH]c(C(F)(F)F)cc12. The Morgan fingerprint density at radius 2 is 1.93 bits per heavy atom. The van der Waals surface area contributed by atoms with Gasteiger partial charge in [0, 0.05) is 29.1 Å². The maximum absolute atomic E-state index is 12.3. The summed E-state index contributed by atoms with van der Waals surface area (Å²) in [5.74, 6) is 1.27. The van der Waals surface area contributed by atoms with Crippen LogP contribution in [0.2, 0.25) is 0 Å². The molecule has 1 aliphatic carbocycles. The fourth-order valence-corrected chi connectivity index (χ4v) is 4.40. The topological polar surface area (TPSA) is 54.3 Å². The average molecular weight is 419 g/mol. The lowest BCUT2D eigenvalue weighted by Crippen LogP contribution is -2.43. The van der Waals surface area contributed by atoms with Gasteiger partial charge in [-0.2, -0.15) is 13.2 Å². The summed E-state index contributed by atoms with van der Waals surface area (Å²) in [5.41, 5.74) is 6.96. The van der Waals surface area contributed by atoms with Crippen molar-refractivity contribution in [2.45, 2.75) is 50.7 Å². The molecule has 1 unspecified atom stereocenters. The van der Waals surface area contributed by atoms with Gasteiger partial charge in [-0.25, -0.2) is 0 Å². The standard InChI is InChI=1S/C14H21NO.C9H7F3N2/c1-4-8-15(9-5-1)13-10-12-6-2-3-7-14(12)16-11-13;10-9(11,12)8-4-5-6(13)2-1-3-7(5)14-8/h2,6,13H,1,3-5,7-11H2;1-4,14H,13H2. The molecule has 0 radical (unpaired) electrons. The van der Waals surface area contributed by atoms with Crippen LogP contribution in [-0.2, 0) is 10.9 Å². The Balaban J connectivity index is 0.000000147. The highest BCUT2D eigenvalue weighted by Gasteiger charge is 2.32. The van der Waals surface area contributed by atoms with Crippen molar-refractivity contribution >= 4 is 16.6 Å². The minimum Gasteiger partial charge on any atom is -0.496 e. The number of nitrogens with two attached hydrogens (primary N) is 1. The van der Waals surface area contributed by atoms with Gasteiger partial charge in [-0.05, 0) is 62.5 Å². The number of nitrogens with one attached hydrogen (secondary N) is 1. The molecule has 3 aliphatic rings. The number of piperidine rings is 1. The maximum atomic E-state index is 12.3. The second kappa shape index (κ2) is 8.76. The number of alkyl halides is 3. The van der Waals surface area contributed by atoms with Gasteiger partial charge in [-0.15, -0.1) is 0 Å². The molecule has 0 saturated carbocycles. The van der Waals surface area contributed by atoms with Crippen LogP contribution in [0.4, 0.5) is 18.9 Å². The molecular weight excluding hydrogens is 391 g/mol. The quantitative estimate of drug-likeness (QED) is 0.589. The number of aromatic nitrogens is 1. The number of allylic oxidation sites excluding steroid dienone is 3. The number of fused-ring (bicyclic) bond motifs is 1. The number of nitrogen functional groups attached to an aromatic ring is 1. The number of benzene rings is 1. The highest BCUT2D eigenvalue weighted by Crippen LogP contribution is 2.33. The van der Waals surface area contributed by atoms with Crippen LogP contribution >= 0.6 is 0 Å². The molecule has 30 heavy (non-hydrogen) atoms. The molecule has 1 aromatic heterocycles. The Morgan fingerprint density at radius 1 is 1.13 bits per heavy atom. The molecule has 162 valence electrons. The molecule has 1 fully saturated rings. The average Bonchev–Trinajstić information content (AvgIpc) is 3.21. The lowest BCUT2D eigenvalue weighted by molar-refractivity contribution is -0.140. The van der Waals surface area contributed by atoms with Gasteiger partial charge in [0.1, 0.15) is 12.3 Å². The van der Waals surface area contributed by atoms with E-state index in [1.54, 1.807) is 18.2 Å². The third kappa shape index (κ3) is 4.67. The molecule has 5 rings (SSSR count). The summed E-state index contributed by atoms with van der Waals surface area (Å²) in [6.45, 7) is 3.48. The first-order chi connectivity index (χ1) is 14.4. The Hall–Kier alpha value is -2.41. The number of likely N-dealkylation sites (tertiary alicyclic amines) is 1. The first kappa shape index (κ1) is 20.8. The normalized spacial score (nSPS) is 22.3. The fourth-order valence-electron chi connectivity index (χ4n) is 4.40. The van der Waals surface area contributed by atoms with Crippen LogP contribution < -0.4 is 5.73 Å². The maximum Gasteiger partial charge on any atom is 0.431 e. The van der Waals surface area contributed by atoms with Gasteiger partial charge < -0.3 is 15.5 Å². The van der Waals surface area contributed by atoms with Crippen molar-refractivity contribution in [1.29, 1.82) is 0 Å². The third-order valence-electron chi connectivity index (χ3n) is 6.03. The van der Waals surface area contributed by atoms with E-state index in [1.807, 2.05) is 0 Å². The van der Waals surface area contributed by atoms with Crippen molar-refractivity contribution in [2.24, 2.45) is 0 Å². The number of aromatic amines is 1. The van der Waals surface area contributed by atoms with Gasteiger partial charge in [-0.1, -0.05) is 24.6 Å². The molecule has 1 aromatic carbocycles. The summed E-state index contributed by atoms with van der Waals surface area (Å²) < 4.78 is 42.8. The molecular formula is C23H28F3N3O. The first-order valence-corrected chi connectivity index (χ1v) is 10.6. The van der Waals surface area contributed by atoms with Gasteiger partial charge in [-0.3, -0.25) is 4.90 Å². The van der Waals surface area contributed by atoms with Crippen molar-refractivity contribution < 1.29 is 17.9 Å². The molecule has 3 heterocycles. The molecule has 1 atom stereocenters. The van der Waals surface area contributed by atoms with E-state index < -0.39 is 11.9 Å². The number of rotatable bonds is 1. The van der Waals surface area contributed by atoms with Crippen LogP contribution in [0.5, 0.6) is 0 Å². The van der Waals surface area contributed by atoms with Gasteiger partial charge >= 0.3 is 6.18 Å². The second-order valence-corrected chi connectivity index (χ2v) is 8.14. The lowest BCUT2D eigenvalue weighted by atomic mass is 9.94. The zero-order chi connectivity index (χ0) is 21.1. The van der Waals surface area contributed by atoms with Crippen molar-refractivity contribution in [3.8, 4) is 0 Å². The van der Waals surface area contributed by atoms with Crippen LogP contribution in [0.1, 0.15) is 44.2 Å². The number of ether oxygens (including phenoxy) is 1. The summed E-state index contributed by atoms with van der Waals surface area (Å²) in [6, 6.07) is 6.39. The van der Waals surface area contributed by atoms with E-state index in [1.165, 1.54) is 50.1 Å². The number of hydrogen-bond donors (Lipinski definition) is 2. The van der Waals surface area contributed by atoms with Crippen LogP contribution in [0.3, 0.4) is 0 Å². The molecule has 0 bridgehead atoms. The summed E-state index contributed by atoms with van der Waals surface area (Å²) in [4.78, 5) is 4.91. The Bertz CT molecular complexity index is 939. The first-order valence-electron chi connectivity index (χ1n) is 10.6. The zero-order valence-corrected chi connectivity index (χ0v) is 17.0. The summed E-state index contributed by atoms with van der Waals surface area (Å²) in [7, 11) is 0. The van der Waals surface area contributed by atoms with Crippen molar-refractivity contribution in [3.63, 3.8) is 0 Å². The van der Waals surface area contributed by atoms with Gasteiger partial charge in [0.15, 0.2) is 0 Å². The number of anilines is 1. The molecule has 2 aliphatic heterocycles. The van der Waals surface area contributed by atoms with Gasteiger partial charge in [0.25, 0.3) is 0 Å². The Morgan fingerprint density at radius 3 is 2.67 bits per heavy atom. The number of hydrogen-bond acceptors (Lipinski definition) is 3. The Labute approximate surface area is 174 Å². The van der Waals surface area contributed by atoms with E-state index in [0.717, 1.165) is 25.5 Å². The number of nitrogens with zero attached hydrogens (tertiary/aromatic N) is 1.